The van der Waals surface area contributed by atoms with Gasteiger partial charge >= 0.3 is 6.18 Å². The highest BCUT2D eigenvalue weighted by Gasteiger charge is 2.33. The molecule has 0 bridgehead atoms. The normalized spacial score (nSPS) is 14.9. The number of halogens is 3. The van der Waals surface area contributed by atoms with Crippen LogP contribution < -0.4 is 10.6 Å². The average molecular weight is 401 g/mol. The zero-order chi connectivity index (χ0) is 19.3. The quantitative estimate of drug-likeness (QED) is 0.574. The Bertz CT molecular complexity index is 781. The highest BCUT2D eigenvalue weighted by Crippen LogP contribution is 2.30. The number of hydrogen-bond acceptors (Lipinski definition) is 5. The minimum Gasteiger partial charge on any atom is -0.357 e. The van der Waals surface area contributed by atoms with E-state index in [2.05, 4.69) is 35.4 Å². The number of aromatic nitrogens is 4. The minimum atomic E-state index is -4.39. The van der Waals surface area contributed by atoms with E-state index in [1.807, 2.05) is 6.92 Å². The van der Waals surface area contributed by atoms with Gasteiger partial charge in [0.2, 0.25) is 0 Å². The summed E-state index contributed by atoms with van der Waals surface area (Å²) >= 11 is 1.02. The van der Waals surface area contributed by atoms with Gasteiger partial charge in [0.15, 0.2) is 17.5 Å². The van der Waals surface area contributed by atoms with Crippen LogP contribution in [0.15, 0.2) is 10.4 Å². The summed E-state index contributed by atoms with van der Waals surface area (Å²) in [6.07, 6.45) is -0.795. The third-order valence-electron chi connectivity index (χ3n) is 4.13. The molecule has 1 aliphatic heterocycles. The third kappa shape index (κ3) is 5.18. The summed E-state index contributed by atoms with van der Waals surface area (Å²) in [7, 11) is 0. The minimum absolute atomic E-state index is 0.394. The molecule has 148 valence electrons. The molecular weight excluding hydrogens is 379 g/mol. The Balaban J connectivity index is 1.55. The molecule has 0 unspecified atom stereocenters. The van der Waals surface area contributed by atoms with Crippen molar-refractivity contribution >= 4 is 17.3 Å². The molecule has 27 heavy (non-hydrogen) atoms. The molecule has 1 aliphatic rings. The van der Waals surface area contributed by atoms with E-state index >= 15 is 0 Å². The molecule has 0 saturated heterocycles. The molecular formula is C16H22F3N7S. The van der Waals surface area contributed by atoms with Crippen molar-refractivity contribution in [1.82, 2.24) is 30.4 Å². The van der Waals surface area contributed by atoms with Crippen LogP contribution >= 0.6 is 11.3 Å². The van der Waals surface area contributed by atoms with Crippen LogP contribution in [-0.4, -0.2) is 38.8 Å². The van der Waals surface area contributed by atoms with Gasteiger partial charge in [-0.1, -0.05) is 0 Å². The molecule has 3 heterocycles. The first kappa shape index (κ1) is 19.6. The van der Waals surface area contributed by atoms with E-state index in [0.29, 0.717) is 37.0 Å². The van der Waals surface area contributed by atoms with Gasteiger partial charge < -0.3 is 15.2 Å². The Morgan fingerprint density at radius 2 is 2.15 bits per heavy atom. The molecule has 0 radical (unpaired) electrons. The second-order valence-electron chi connectivity index (χ2n) is 6.14. The summed E-state index contributed by atoms with van der Waals surface area (Å²) in [5.74, 6) is 2.43. The third-order valence-corrected chi connectivity index (χ3v) is 5.04. The molecule has 7 nitrogen and oxygen atoms in total. The standard InChI is InChI=1S/C16H22F3N7S/c1-2-20-15(21-7-6-14-23-11(10-27-14)16(17,18)19)22-9-13-25-24-12-5-3-4-8-26(12)13/h10H,2-9H2,1H3,(H2,20,21,22). The van der Waals surface area contributed by atoms with E-state index in [4.69, 9.17) is 0 Å². The molecule has 0 atom stereocenters. The number of rotatable bonds is 6. The number of alkyl halides is 3. The summed E-state index contributed by atoms with van der Waals surface area (Å²) in [5.41, 5.74) is -0.834. The van der Waals surface area contributed by atoms with E-state index in [-0.39, 0.29) is 0 Å². The van der Waals surface area contributed by atoms with Crippen LogP contribution in [0.2, 0.25) is 0 Å². The predicted octanol–water partition coefficient (Wildman–Crippen LogP) is 2.39. The smallest absolute Gasteiger partial charge is 0.357 e. The van der Waals surface area contributed by atoms with E-state index in [1.54, 1.807) is 0 Å². The molecule has 2 N–H and O–H groups in total. The van der Waals surface area contributed by atoms with Gasteiger partial charge in [0, 0.05) is 37.9 Å². The van der Waals surface area contributed by atoms with Crippen molar-refractivity contribution in [2.75, 3.05) is 13.1 Å². The topological polar surface area (TPSA) is 80.0 Å². The van der Waals surface area contributed by atoms with Crippen molar-refractivity contribution in [2.24, 2.45) is 4.99 Å². The molecule has 0 fully saturated rings. The second-order valence-corrected chi connectivity index (χ2v) is 7.08. The van der Waals surface area contributed by atoms with Gasteiger partial charge in [0.25, 0.3) is 0 Å². The van der Waals surface area contributed by atoms with Crippen molar-refractivity contribution in [2.45, 2.75) is 51.9 Å². The van der Waals surface area contributed by atoms with Gasteiger partial charge in [-0.15, -0.1) is 21.5 Å². The maximum atomic E-state index is 12.6. The van der Waals surface area contributed by atoms with Crippen molar-refractivity contribution in [3.8, 4) is 0 Å². The highest BCUT2D eigenvalue weighted by molar-refractivity contribution is 7.09. The number of nitrogens with one attached hydrogen (secondary N) is 2. The largest absolute Gasteiger partial charge is 0.434 e. The summed E-state index contributed by atoms with van der Waals surface area (Å²) in [4.78, 5) is 8.14. The molecule has 0 spiro atoms. The van der Waals surface area contributed by atoms with Gasteiger partial charge in [-0.3, -0.25) is 0 Å². The SMILES string of the molecule is CCNC(=NCc1nnc2n1CCCC2)NCCc1nc(C(F)(F)F)cs1. The summed E-state index contributed by atoms with van der Waals surface area (Å²) in [6.45, 7) is 4.39. The summed E-state index contributed by atoms with van der Waals surface area (Å²) in [5, 5.41) is 16.2. The Hall–Kier alpha value is -2.17. The summed E-state index contributed by atoms with van der Waals surface area (Å²) < 4.78 is 39.9. The molecule has 0 saturated carbocycles. The van der Waals surface area contributed by atoms with E-state index in [1.165, 1.54) is 0 Å². The second kappa shape index (κ2) is 8.68. The van der Waals surface area contributed by atoms with E-state index in [9.17, 15) is 13.2 Å². The number of thiazole rings is 1. The highest BCUT2D eigenvalue weighted by atomic mass is 32.1. The lowest BCUT2D eigenvalue weighted by molar-refractivity contribution is -0.140. The fourth-order valence-corrected chi connectivity index (χ4v) is 3.63. The molecule has 0 aromatic carbocycles. The number of fused-ring (bicyclic) bond motifs is 1. The van der Waals surface area contributed by atoms with Crippen molar-refractivity contribution in [3.63, 3.8) is 0 Å². The number of nitrogens with zero attached hydrogens (tertiary/aromatic N) is 5. The van der Waals surface area contributed by atoms with E-state index < -0.39 is 11.9 Å². The lowest BCUT2D eigenvalue weighted by Gasteiger charge is -2.14. The Labute approximate surface area is 159 Å². The number of guanidine groups is 1. The van der Waals surface area contributed by atoms with Gasteiger partial charge in [-0.25, -0.2) is 9.98 Å². The van der Waals surface area contributed by atoms with Crippen LogP contribution in [0.4, 0.5) is 13.2 Å². The first-order valence-electron chi connectivity index (χ1n) is 8.92. The molecule has 2 aromatic heterocycles. The Kier molecular flexibility index (Phi) is 6.30. The monoisotopic (exact) mass is 401 g/mol. The van der Waals surface area contributed by atoms with Gasteiger partial charge in [-0.2, -0.15) is 13.2 Å². The fraction of sp³-hybridized carbons (Fsp3) is 0.625. The zero-order valence-corrected chi connectivity index (χ0v) is 15.8. The zero-order valence-electron chi connectivity index (χ0n) is 15.0. The lowest BCUT2D eigenvalue weighted by atomic mass is 10.2. The molecule has 11 heteroatoms. The van der Waals surface area contributed by atoms with E-state index in [0.717, 1.165) is 54.2 Å². The Morgan fingerprint density at radius 3 is 2.89 bits per heavy atom. The molecule has 2 aromatic rings. The van der Waals surface area contributed by atoms with Crippen molar-refractivity contribution in [1.29, 1.82) is 0 Å². The van der Waals surface area contributed by atoms with Crippen LogP contribution in [0.25, 0.3) is 0 Å². The van der Waals surface area contributed by atoms with Crippen LogP contribution in [0.3, 0.4) is 0 Å². The van der Waals surface area contributed by atoms with Crippen LogP contribution in [0, 0.1) is 0 Å². The summed E-state index contributed by atoms with van der Waals surface area (Å²) in [6, 6.07) is 0. The fourth-order valence-electron chi connectivity index (χ4n) is 2.82. The van der Waals surface area contributed by atoms with Crippen molar-refractivity contribution < 1.29 is 13.2 Å². The van der Waals surface area contributed by atoms with Crippen LogP contribution in [0.1, 0.15) is 42.1 Å². The molecule has 0 aliphatic carbocycles. The van der Waals surface area contributed by atoms with Crippen molar-refractivity contribution in [3.05, 3.63) is 27.7 Å². The predicted molar refractivity (Wildman–Crippen MR) is 96.6 cm³/mol. The first-order valence-corrected chi connectivity index (χ1v) is 9.80. The number of hydrogen-bond donors (Lipinski definition) is 2. The van der Waals surface area contributed by atoms with Crippen LogP contribution in [-0.2, 0) is 32.1 Å². The maximum absolute atomic E-state index is 12.6. The number of aryl methyl sites for hydroxylation is 1. The average Bonchev–Trinajstić information content (AvgIpc) is 3.26. The molecule has 3 rings (SSSR count). The number of aliphatic imine (C=N–C) groups is 1. The lowest BCUT2D eigenvalue weighted by Crippen LogP contribution is -2.38. The maximum Gasteiger partial charge on any atom is 0.434 e. The van der Waals surface area contributed by atoms with Gasteiger partial charge in [0.05, 0.1) is 5.01 Å². The Morgan fingerprint density at radius 1 is 1.30 bits per heavy atom. The molecule has 0 amide bonds. The van der Waals surface area contributed by atoms with Crippen LogP contribution in [0.5, 0.6) is 0 Å². The first-order chi connectivity index (χ1) is 13.0. The van der Waals surface area contributed by atoms with Gasteiger partial charge in [-0.05, 0) is 19.8 Å². The van der Waals surface area contributed by atoms with Gasteiger partial charge in [0.1, 0.15) is 12.4 Å².